The Morgan fingerprint density at radius 1 is 1.39 bits per heavy atom. The second kappa shape index (κ2) is 5.05. The van der Waals surface area contributed by atoms with Gasteiger partial charge in [-0.3, -0.25) is 0 Å². The highest BCUT2D eigenvalue weighted by atomic mass is 16.6. The quantitative estimate of drug-likeness (QED) is 0.783. The molecule has 104 valence electrons. The summed E-state index contributed by atoms with van der Waals surface area (Å²) >= 11 is 0. The molecule has 0 aromatic rings. The van der Waals surface area contributed by atoms with Crippen LogP contribution in [0, 0.1) is 5.92 Å². The van der Waals surface area contributed by atoms with Crippen LogP contribution in [0.15, 0.2) is 0 Å². The van der Waals surface area contributed by atoms with Gasteiger partial charge in [0.2, 0.25) is 0 Å². The van der Waals surface area contributed by atoms with Crippen molar-refractivity contribution in [3.8, 4) is 0 Å². The minimum atomic E-state index is -0.487. The Labute approximate surface area is 108 Å². The summed E-state index contributed by atoms with van der Waals surface area (Å²) in [6.07, 6.45) is 3.24. The first-order valence-electron chi connectivity index (χ1n) is 6.73. The van der Waals surface area contributed by atoms with Gasteiger partial charge in [0, 0.05) is 0 Å². The molecule has 1 saturated heterocycles. The lowest BCUT2D eigenvalue weighted by Crippen LogP contribution is -2.53. The van der Waals surface area contributed by atoms with Gasteiger partial charge in [0.15, 0.2) is 0 Å². The lowest BCUT2D eigenvalue weighted by molar-refractivity contribution is 0.0120. The van der Waals surface area contributed by atoms with E-state index in [1.807, 2.05) is 20.8 Å². The Kier molecular flexibility index (Phi) is 3.82. The van der Waals surface area contributed by atoms with Gasteiger partial charge < -0.3 is 20.5 Å². The van der Waals surface area contributed by atoms with E-state index in [1.54, 1.807) is 0 Å². The van der Waals surface area contributed by atoms with Crippen molar-refractivity contribution in [2.45, 2.75) is 63.8 Å². The van der Waals surface area contributed by atoms with E-state index < -0.39 is 11.7 Å². The first-order valence-corrected chi connectivity index (χ1v) is 6.73. The predicted octanol–water partition coefficient (Wildman–Crippen LogP) is 1.41. The summed E-state index contributed by atoms with van der Waals surface area (Å²) in [5.74, 6) is 0.540. The number of hydrogen-bond acceptors (Lipinski definition) is 4. The van der Waals surface area contributed by atoms with E-state index in [2.05, 4.69) is 5.32 Å². The lowest BCUT2D eigenvalue weighted by Gasteiger charge is -2.35. The number of carbonyl (C=O) groups is 1. The molecule has 1 saturated carbocycles. The number of hydrogen-bond donors (Lipinski definition) is 2. The summed E-state index contributed by atoms with van der Waals surface area (Å²) < 4.78 is 11.0. The van der Waals surface area contributed by atoms with Crippen LogP contribution >= 0.6 is 0 Å². The summed E-state index contributed by atoms with van der Waals surface area (Å²) in [6.45, 7) is 6.06. The maximum Gasteiger partial charge on any atom is 0.408 e. The number of ether oxygens (including phenoxy) is 2. The van der Waals surface area contributed by atoms with Gasteiger partial charge in [0.25, 0.3) is 0 Å². The average molecular weight is 256 g/mol. The summed E-state index contributed by atoms with van der Waals surface area (Å²) in [5.41, 5.74) is 5.52. The maximum atomic E-state index is 11.8. The monoisotopic (exact) mass is 256 g/mol. The Morgan fingerprint density at radius 3 is 2.56 bits per heavy atom. The van der Waals surface area contributed by atoms with Crippen LogP contribution < -0.4 is 11.1 Å². The molecule has 18 heavy (non-hydrogen) atoms. The molecule has 0 aromatic heterocycles. The highest BCUT2D eigenvalue weighted by Gasteiger charge is 2.43. The van der Waals surface area contributed by atoms with E-state index in [-0.39, 0.29) is 18.2 Å². The molecule has 5 heteroatoms. The summed E-state index contributed by atoms with van der Waals surface area (Å²) in [4.78, 5) is 11.8. The van der Waals surface area contributed by atoms with Crippen molar-refractivity contribution in [2.75, 3.05) is 6.61 Å². The first-order chi connectivity index (χ1) is 8.37. The normalized spacial score (nSPS) is 33.0. The number of rotatable bonds is 2. The maximum absolute atomic E-state index is 11.8. The highest BCUT2D eigenvalue weighted by molar-refractivity contribution is 5.68. The largest absolute Gasteiger partial charge is 0.444 e. The molecule has 2 fully saturated rings. The molecule has 1 amide bonds. The predicted molar refractivity (Wildman–Crippen MR) is 68.2 cm³/mol. The van der Waals surface area contributed by atoms with Crippen LogP contribution in [0.2, 0.25) is 0 Å². The van der Waals surface area contributed by atoms with Gasteiger partial charge >= 0.3 is 6.09 Å². The fourth-order valence-electron chi connectivity index (χ4n) is 2.50. The third-order valence-electron chi connectivity index (χ3n) is 3.59. The van der Waals surface area contributed by atoms with Crippen LogP contribution in [-0.4, -0.2) is 36.5 Å². The van der Waals surface area contributed by atoms with Crippen molar-refractivity contribution >= 4 is 6.09 Å². The molecule has 2 rings (SSSR count). The van der Waals surface area contributed by atoms with Crippen molar-refractivity contribution in [1.29, 1.82) is 0 Å². The summed E-state index contributed by atoms with van der Waals surface area (Å²) in [6, 6.07) is -0.256. The van der Waals surface area contributed by atoms with E-state index in [1.165, 1.54) is 19.3 Å². The molecule has 3 atom stereocenters. The van der Waals surface area contributed by atoms with Crippen LogP contribution in [0.1, 0.15) is 40.0 Å². The minimum absolute atomic E-state index is 0.0567. The molecular formula is C13H24N2O3. The third-order valence-corrected chi connectivity index (χ3v) is 3.59. The number of alkyl carbamates (subject to hydrolysis) is 1. The van der Waals surface area contributed by atoms with Crippen LogP contribution in [-0.2, 0) is 9.47 Å². The van der Waals surface area contributed by atoms with E-state index in [0.717, 1.165) is 0 Å². The zero-order valence-corrected chi connectivity index (χ0v) is 11.4. The zero-order chi connectivity index (χ0) is 13.3. The Morgan fingerprint density at radius 2 is 2.06 bits per heavy atom. The summed E-state index contributed by atoms with van der Waals surface area (Å²) in [5, 5.41) is 2.87. The number of amides is 1. The van der Waals surface area contributed by atoms with Gasteiger partial charge in [0.1, 0.15) is 5.60 Å². The molecule has 1 aliphatic carbocycles. The highest BCUT2D eigenvalue weighted by Crippen LogP contribution is 2.35. The van der Waals surface area contributed by atoms with E-state index in [9.17, 15) is 4.79 Å². The number of nitrogens with two attached hydrogens (primary N) is 1. The molecule has 1 aliphatic heterocycles. The third kappa shape index (κ3) is 3.14. The van der Waals surface area contributed by atoms with Crippen LogP contribution in [0.3, 0.4) is 0 Å². The summed E-state index contributed by atoms with van der Waals surface area (Å²) in [7, 11) is 0. The lowest BCUT2D eigenvalue weighted by atomic mass is 9.78. The standard InChI is InChI=1S/C13H24N2O3/c1-13(2,3)18-12(16)15-10-9(14)7-17-11(10)8-5-4-6-8/h8-11H,4-7,14H2,1-3H3,(H,15,16)/t9-,10-,11?/m1/s1. The van der Waals surface area contributed by atoms with Crippen molar-refractivity contribution in [2.24, 2.45) is 11.7 Å². The van der Waals surface area contributed by atoms with Gasteiger partial charge in [0.05, 0.1) is 24.8 Å². The van der Waals surface area contributed by atoms with Crippen molar-refractivity contribution in [3.05, 3.63) is 0 Å². The van der Waals surface area contributed by atoms with Gasteiger partial charge in [-0.05, 0) is 39.5 Å². The van der Waals surface area contributed by atoms with Gasteiger partial charge in [-0.15, -0.1) is 0 Å². The molecule has 0 radical (unpaired) electrons. The van der Waals surface area contributed by atoms with Crippen LogP contribution in [0.25, 0.3) is 0 Å². The number of carbonyl (C=O) groups excluding carboxylic acids is 1. The molecule has 0 spiro atoms. The topological polar surface area (TPSA) is 73.6 Å². The van der Waals surface area contributed by atoms with E-state index in [0.29, 0.717) is 12.5 Å². The van der Waals surface area contributed by atoms with Crippen molar-refractivity contribution in [3.63, 3.8) is 0 Å². The fraction of sp³-hybridized carbons (Fsp3) is 0.923. The minimum Gasteiger partial charge on any atom is -0.444 e. The van der Waals surface area contributed by atoms with Gasteiger partial charge in [-0.2, -0.15) is 0 Å². The molecule has 1 heterocycles. The van der Waals surface area contributed by atoms with E-state index in [4.69, 9.17) is 15.2 Å². The van der Waals surface area contributed by atoms with Gasteiger partial charge in [-0.25, -0.2) is 4.79 Å². The second-order valence-electron chi connectivity index (χ2n) is 6.32. The molecule has 0 bridgehead atoms. The van der Waals surface area contributed by atoms with Crippen molar-refractivity contribution in [1.82, 2.24) is 5.32 Å². The Balaban J connectivity index is 1.90. The Hall–Kier alpha value is -0.810. The van der Waals surface area contributed by atoms with Crippen LogP contribution in [0.4, 0.5) is 4.79 Å². The van der Waals surface area contributed by atoms with E-state index >= 15 is 0 Å². The molecule has 2 aliphatic rings. The average Bonchev–Trinajstić information content (AvgIpc) is 2.44. The SMILES string of the molecule is CC(C)(C)OC(=O)N[C@H]1C(C2CCC2)OC[C@H]1N. The molecule has 3 N–H and O–H groups in total. The first kappa shape index (κ1) is 13.6. The fourth-order valence-corrected chi connectivity index (χ4v) is 2.50. The second-order valence-corrected chi connectivity index (χ2v) is 6.32. The molecule has 1 unspecified atom stereocenters. The zero-order valence-electron chi connectivity index (χ0n) is 11.4. The molecule has 0 aromatic carbocycles. The smallest absolute Gasteiger partial charge is 0.408 e. The molecular weight excluding hydrogens is 232 g/mol. The molecule has 5 nitrogen and oxygen atoms in total. The van der Waals surface area contributed by atoms with Gasteiger partial charge in [-0.1, -0.05) is 6.42 Å². The van der Waals surface area contributed by atoms with Crippen molar-refractivity contribution < 1.29 is 14.3 Å². The number of nitrogens with one attached hydrogen (secondary N) is 1. The van der Waals surface area contributed by atoms with Crippen LogP contribution in [0.5, 0.6) is 0 Å². The Bertz CT molecular complexity index is 310.